The van der Waals surface area contributed by atoms with Crippen LogP contribution in [0.5, 0.6) is 0 Å². The maximum atomic E-state index is 6.03. The van der Waals surface area contributed by atoms with Crippen molar-refractivity contribution in [2.45, 2.75) is 57.9 Å². The van der Waals surface area contributed by atoms with Crippen LogP contribution in [0.3, 0.4) is 0 Å². The number of imidazole rings is 1. The van der Waals surface area contributed by atoms with Crippen molar-refractivity contribution in [1.29, 1.82) is 0 Å². The van der Waals surface area contributed by atoms with Gasteiger partial charge in [0.05, 0.1) is 11.9 Å². The average Bonchev–Trinajstić information content (AvgIpc) is 2.68. The molecule has 2 N–H and O–H groups in total. The van der Waals surface area contributed by atoms with Crippen LogP contribution in [0, 0.1) is 23.2 Å². The summed E-state index contributed by atoms with van der Waals surface area (Å²) in [5, 5.41) is 0. The van der Waals surface area contributed by atoms with Gasteiger partial charge in [0, 0.05) is 19.5 Å². The molecule has 4 aliphatic carbocycles. The van der Waals surface area contributed by atoms with Crippen LogP contribution in [0.4, 0.5) is 0 Å². The van der Waals surface area contributed by atoms with E-state index in [4.69, 9.17) is 10.7 Å². The molecule has 20 heavy (non-hydrogen) atoms. The number of hydrogen-bond acceptors (Lipinski definition) is 2. The molecule has 1 aromatic rings. The first-order chi connectivity index (χ1) is 9.55. The Kier molecular flexibility index (Phi) is 2.79. The zero-order valence-corrected chi connectivity index (χ0v) is 12.8. The molecule has 4 bridgehead atoms. The highest BCUT2D eigenvalue weighted by molar-refractivity contribution is 5.12. The molecule has 1 unspecified atom stereocenters. The second-order valence-corrected chi connectivity index (χ2v) is 8.04. The van der Waals surface area contributed by atoms with Crippen LogP contribution < -0.4 is 5.73 Å². The smallest absolute Gasteiger partial charge is 0.109 e. The van der Waals surface area contributed by atoms with Crippen LogP contribution >= 0.6 is 0 Å². The quantitative estimate of drug-likeness (QED) is 0.919. The Morgan fingerprint density at radius 3 is 2.25 bits per heavy atom. The number of hydrogen-bond donors (Lipinski definition) is 1. The lowest BCUT2D eigenvalue weighted by molar-refractivity contribution is -0.0534. The standard InChI is InChI=1S/C17H27N3/c1-11(18)15-10-19-16(20(15)2)9-17-6-12-3-13(7-17)5-14(4-12)8-17/h10-14H,3-9,18H2,1-2H3. The summed E-state index contributed by atoms with van der Waals surface area (Å²) in [6.07, 6.45) is 12.1. The normalized spacial score (nSPS) is 40.2. The molecule has 0 aliphatic heterocycles. The van der Waals surface area contributed by atoms with Gasteiger partial charge < -0.3 is 10.3 Å². The van der Waals surface area contributed by atoms with Gasteiger partial charge in [0.2, 0.25) is 0 Å². The van der Waals surface area contributed by atoms with E-state index in [0.717, 1.165) is 17.8 Å². The minimum atomic E-state index is 0.0811. The van der Waals surface area contributed by atoms with E-state index in [1.807, 2.05) is 13.1 Å². The molecule has 0 radical (unpaired) electrons. The van der Waals surface area contributed by atoms with E-state index in [-0.39, 0.29) is 6.04 Å². The van der Waals surface area contributed by atoms with Crippen LogP contribution in [-0.4, -0.2) is 9.55 Å². The van der Waals surface area contributed by atoms with Crippen molar-refractivity contribution in [3.8, 4) is 0 Å². The first kappa shape index (κ1) is 12.9. The predicted molar refractivity (Wildman–Crippen MR) is 80.1 cm³/mol. The summed E-state index contributed by atoms with van der Waals surface area (Å²) in [4.78, 5) is 4.70. The molecule has 0 aromatic carbocycles. The highest BCUT2D eigenvalue weighted by atomic mass is 15.1. The van der Waals surface area contributed by atoms with E-state index in [1.165, 1.54) is 56.5 Å². The number of nitrogens with two attached hydrogens (primary N) is 1. The minimum absolute atomic E-state index is 0.0811. The van der Waals surface area contributed by atoms with Crippen molar-refractivity contribution in [2.24, 2.45) is 36.0 Å². The van der Waals surface area contributed by atoms with Gasteiger partial charge in [0.15, 0.2) is 0 Å². The predicted octanol–water partition coefficient (Wildman–Crippen LogP) is 3.20. The number of nitrogens with zero attached hydrogens (tertiary/aromatic N) is 2. The fraction of sp³-hybridized carbons (Fsp3) is 0.824. The van der Waals surface area contributed by atoms with E-state index in [0.29, 0.717) is 5.41 Å². The van der Waals surface area contributed by atoms with E-state index < -0.39 is 0 Å². The molecule has 0 amide bonds. The van der Waals surface area contributed by atoms with Crippen molar-refractivity contribution in [3.63, 3.8) is 0 Å². The molecule has 1 atom stereocenters. The van der Waals surface area contributed by atoms with Gasteiger partial charge in [-0.05, 0) is 68.6 Å². The lowest BCUT2D eigenvalue weighted by Gasteiger charge is -2.56. The lowest BCUT2D eigenvalue weighted by Crippen LogP contribution is -2.47. The van der Waals surface area contributed by atoms with Gasteiger partial charge in [-0.3, -0.25) is 0 Å². The molecule has 4 aliphatic rings. The van der Waals surface area contributed by atoms with Crippen molar-refractivity contribution in [2.75, 3.05) is 0 Å². The van der Waals surface area contributed by atoms with Crippen molar-refractivity contribution in [1.82, 2.24) is 9.55 Å². The first-order valence-corrected chi connectivity index (χ1v) is 8.31. The van der Waals surface area contributed by atoms with Crippen LogP contribution in [0.2, 0.25) is 0 Å². The molecule has 3 nitrogen and oxygen atoms in total. The maximum absolute atomic E-state index is 6.03. The summed E-state index contributed by atoms with van der Waals surface area (Å²) in [6, 6.07) is 0.0811. The number of rotatable bonds is 3. The highest BCUT2D eigenvalue weighted by Crippen LogP contribution is 2.60. The Bertz CT molecular complexity index is 479. The van der Waals surface area contributed by atoms with Crippen LogP contribution in [0.1, 0.15) is 63.0 Å². The van der Waals surface area contributed by atoms with Gasteiger partial charge in [-0.25, -0.2) is 4.98 Å². The number of aromatic nitrogens is 2. The summed E-state index contributed by atoms with van der Waals surface area (Å²) < 4.78 is 2.25. The Labute approximate surface area is 122 Å². The molecule has 4 saturated carbocycles. The molecule has 110 valence electrons. The summed E-state index contributed by atoms with van der Waals surface area (Å²) >= 11 is 0. The van der Waals surface area contributed by atoms with Gasteiger partial charge in [0.1, 0.15) is 5.82 Å². The molecule has 3 heteroatoms. The summed E-state index contributed by atoms with van der Waals surface area (Å²) in [5.41, 5.74) is 7.77. The maximum Gasteiger partial charge on any atom is 0.109 e. The molecule has 1 aromatic heterocycles. The van der Waals surface area contributed by atoms with E-state index in [9.17, 15) is 0 Å². The SMILES string of the molecule is CC(N)c1cnc(CC23CC4CC(CC(C4)C2)C3)n1C. The first-order valence-electron chi connectivity index (χ1n) is 8.31. The average molecular weight is 273 g/mol. The summed E-state index contributed by atoms with van der Waals surface area (Å²) in [6.45, 7) is 2.05. The van der Waals surface area contributed by atoms with Crippen molar-refractivity contribution < 1.29 is 0 Å². The zero-order chi connectivity index (χ0) is 13.9. The second kappa shape index (κ2) is 4.33. The Hall–Kier alpha value is -0.830. The minimum Gasteiger partial charge on any atom is -0.334 e. The van der Waals surface area contributed by atoms with Crippen LogP contribution in [0.15, 0.2) is 6.20 Å². The van der Waals surface area contributed by atoms with E-state index >= 15 is 0 Å². The van der Waals surface area contributed by atoms with Crippen LogP contribution in [-0.2, 0) is 13.5 Å². The fourth-order valence-corrected chi connectivity index (χ4v) is 5.89. The van der Waals surface area contributed by atoms with E-state index in [1.54, 1.807) is 0 Å². The Morgan fingerprint density at radius 1 is 1.25 bits per heavy atom. The lowest BCUT2D eigenvalue weighted by atomic mass is 9.49. The van der Waals surface area contributed by atoms with Gasteiger partial charge in [-0.15, -0.1) is 0 Å². The molecule has 5 rings (SSSR count). The highest BCUT2D eigenvalue weighted by Gasteiger charge is 2.51. The molecular weight excluding hydrogens is 246 g/mol. The largest absolute Gasteiger partial charge is 0.334 e. The summed E-state index contributed by atoms with van der Waals surface area (Å²) in [5.74, 6) is 4.33. The topological polar surface area (TPSA) is 43.8 Å². The molecule has 0 saturated heterocycles. The zero-order valence-electron chi connectivity index (χ0n) is 12.8. The van der Waals surface area contributed by atoms with Gasteiger partial charge in [0.25, 0.3) is 0 Å². The summed E-state index contributed by atoms with van der Waals surface area (Å²) in [7, 11) is 2.14. The van der Waals surface area contributed by atoms with Crippen LogP contribution in [0.25, 0.3) is 0 Å². The molecular formula is C17H27N3. The monoisotopic (exact) mass is 273 g/mol. The third kappa shape index (κ3) is 1.93. The second-order valence-electron chi connectivity index (χ2n) is 8.04. The Morgan fingerprint density at radius 2 is 1.80 bits per heavy atom. The fourth-order valence-electron chi connectivity index (χ4n) is 5.89. The van der Waals surface area contributed by atoms with Crippen molar-refractivity contribution in [3.05, 3.63) is 17.7 Å². The third-order valence-corrected chi connectivity index (χ3v) is 6.29. The molecule has 4 fully saturated rings. The third-order valence-electron chi connectivity index (χ3n) is 6.29. The molecule has 1 heterocycles. The van der Waals surface area contributed by atoms with Gasteiger partial charge in [-0.2, -0.15) is 0 Å². The van der Waals surface area contributed by atoms with Gasteiger partial charge in [-0.1, -0.05) is 0 Å². The van der Waals surface area contributed by atoms with E-state index in [2.05, 4.69) is 11.6 Å². The molecule has 0 spiro atoms. The van der Waals surface area contributed by atoms with Gasteiger partial charge >= 0.3 is 0 Å². The Balaban J connectivity index is 1.60. The van der Waals surface area contributed by atoms with Crippen molar-refractivity contribution >= 4 is 0 Å².